The molecule has 2 rings (SSSR count). The van der Waals surface area contributed by atoms with Gasteiger partial charge in [0.1, 0.15) is 0 Å². The Hall–Kier alpha value is 0.270. The molecule has 16 heavy (non-hydrogen) atoms. The van der Waals surface area contributed by atoms with Gasteiger partial charge in [0.25, 0.3) is 0 Å². The molecule has 3 heteroatoms. The van der Waals surface area contributed by atoms with Gasteiger partial charge in [-0.25, -0.2) is 0 Å². The van der Waals surface area contributed by atoms with Gasteiger partial charge in [-0.15, -0.1) is 0 Å². The van der Waals surface area contributed by atoms with E-state index in [2.05, 4.69) is 25.0 Å². The number of hydrogen-bond donors (Lipinski definition) is 1. The van der Waals surface area contributed by atoms with E-state index in [1.54, 1.807) is 0 Å². The number of rotatable bonds is 3. The zero-order valence-electron chi connectivity index (χ0n) is 10.9. The van der Waals surface area contributed by atoms with Crippen molar-refractivity contribution < 1.29 is 0 Å². The second-order valence-corrected chi connectivity index (χ2v) is 7.62. The molecule has 2 fully saturated rings. The minimum Gasteiger partial charge on any atom is -0.328 e. The first-order valence-corrected chi connectivity index (χ1v) is 7.81. The topological polar surface area (TPSA) is 29.3 Å². The molecule has 2 N–H and O–H groups in total. The van der Waals surface area contributed by atoms with Crippen molar-refractivity contribution >= 4 is 11.8 Å². The van der Waals surface area contributed by atoms with Gasteiger partial charge in [-0.1, -0.05) is 6.42 Å². The Morgan fingerprint density at radius 3 is 2.31 bits per heavy atom. The van der Waals surface area contributed by atoms with Crippen molar-refractivity contribution in [2.75, 3.05) is 12.8 Å². The maximum atomic E-state index is 6.15. The summed E-state index contributed by atoms with van der Waals surface area (Å²) >= 11 is 1.99. The number of hydrogen-bond acceptors (Lipinski definition) is 3. The lowest BCUT2D eigenvalue weighted by atomic mass is 9.81. The third kappa shape index (κ3) is 2.74. The Bertz CT molecular complexity index is 228. The van der Waals surface area contributed by atoms with E-state index in [4.69, 9.17) is 5.73 Å². The fourth-order valence-corrected chi connectivity index (χ4v) is 3.56. The van der Waals surface area contributed by atoms with Crippen LogP contribution in [0.15, 0.2) is 0 Å². The summed E-state index contributed by atoms with van der Waals surface area (Å²) in [5.41, 5.74) is 6.15. The lowest BCUT2D eigenvalue weighted by molar-refractivity contribution is 0.0262. The predicted molar refractivity (Wildman–Crippen MR) is 72.9 cm³/mol. The number of nitrogens with two attached hydrogens (primary N) is 1. The molecule has 2 atom stereocenters. The Morgan fingerprint density at radius 1 is 1.25 bits per heavy atom. The van der Waals surface area contributed by atoms with E-state index in [0.717, 1.165) is 12.1 Å². The monoisotopic (exact) mass is 242 g/mol. The summed E-state index contributed by atoms with van der Waals surface area (Å²) in [4.78, 5) is 2.77. The van der Waals surface area contributed by atoms with Gasteiger partial charge in [0.05, 0.1) is 0 Å². The Kier molecular flexibility index (Phi) is 3.87. The second kappa shape index (κ2) is 4.87. The lowest BCUT2D eigenvalue weighted by Crippen LogP contribution is -2.57. The Balaban J connectivity index is 2.03. The quantitative estimate of drug-likeness (QED) is 0.824. The van der Waals surface area contributed by atoms with Crippen molar-refractivity contribution in [3.8, 4) is 0 Å². The summed E-state index contributed by atoms with van der Waals surface area (Å²) < 4.78 is 0.384. The third-order valence-electron chi connectivity index (χ3n) is 4.28. The van der Waals surface area contributed by atoms with E-state index in [9.17, 15) is 0 Å². The van der Waals surface area contributed by atoms with Crippen LogP contribution in [-0.2, 0) is 0 Å². The van der Waals surface area contributed by atoms with E-state index in [1.165, 1.54) is 38.6 Å². The van der Waals surface area contributed by atoms with Gasteiger partial charge in [-0.3, -0.25) is 4.90 Å². The van der Waals surface area contributed by atoms with Gasteiger partial charge in [0, 0.05) is 29.4 Å². The van der Waals surface area contributed by atoms with Crippen molar-refractivity contribution in [1.29, 1.82) is 0 Å². The fourth-order valence-electron chi connectivity index (χ4n) is 3.28. The molecule has 2 aliphatic rings. The molecule has 2 aliphatic heterocycles. The standard InChI is InChI=1S/C13H26N2S/c1-13(2,16-3)9-15-11-5-4-6-12(15)8-10(14)7-11/h10-12H,4-9,14H2,1-3H3. The van der Waals surface area contributed by atoms with Crippen molar-refractivity contribution in [1.82, 2.24) is 4.90 Å². The zero-order chi connectivity index (χ0) is 11.8. The fraction of sp³-hybridized carbons (Fsp3) is 1.00. The van der Waals surface area contributed by atoms with Crippen LogP contribution in [0.2, 0.25) is 0 Å². The van der Waals surface area contributed by atoms with Crippen molar-refractivity contribution in [3.63, 3.8) is 0 Å². The molecule has 0 radical (unpaired) electrons. The normalized spacial score (nSPS) is 36.4. The summed E-state index contributed by atoms with van der Waals surface area (Å²) in [6.07, 6.45) is 8.83. The minimum absolute atomic E-state index is 0.384. The van der Waals surface area contributed by atoms with Crippen LogP contribution in [0.25, 0.3) is 0 Å². The van der Waals surface area contributed by atoms with Crippen LogP contribution in [-0.4, -0.2) is 40.6 Å². The van der Waals surface area contributed by atoms with Gasteiger partial charge in [0.2, 0.25) is 0 Å². The first-order valence-electron chi connectivity index (χ1n) is 6.58. The first kappa shape index (κ1) is 12.7. The number of nitrogens with zero attached hydrogens (tertiary/aromatic N) is 1. The van der Waals surface area contributed by atoms with Crippen LogP contribution >= 0.6 is 11.8 Å². The van der Waals surface area contributed by atoms with Gasteiger partial charge >= 0.3 is 0 Å². The Labute approximate surface area is 104 Å². The van der Waals surface area contributed by atoms with E-state index in [1.807, 2.05) is 11.8 Å². The second-order valence-electron chi connectivity index (χ2n) is 6.11. The highest BCUT2D eigenvalue weighted by Gasteiger charge is 2.39. The van der Waals surface area contributed by atoms with Crippen molar-refractivity contribution in [2.45, 2.75) is 68.8 Å². The molecule has 2 unspecified atom stereocenters. The summed E-state index contributed by atoms with van der Waals surface area (Å²) in [7, 11) is 0. The largest absolute Gasteiger partial charge is 0.328 e. The SMILES string of the molecule is CSC(C)(C)CN1C2CCCC1CC(N)C2. The third-order valence-corrected chi connectivity index (χ3v) is 5.51. The molecule has 0 aliphatic carbocycles. The van der Waals surface area contributed by atoms with E-state index < -0.39 is 0 Å². The van der Waals surface area contributed by atoms with Crippen LogP contribution < -0.4 is 5.73 Å². The summed E-state index contributed by atoms with van der Waals surface area (Å²) in [6, 6.07) is 2.01. The average Bonchev–Trinajstić information content (AvgIpc) is 2.19. The molecule has 0 aromatic heterocycles. The minimum atomic E-state index is 0.384. The highest BCUT2D eigenvalue weighted by molar-refractivity contribution is 7.99. The molecule has 2 saturated heterocycles. The average molecular weight is 242 g/mol. The van der Waals surface area contributed by atoms with Gasteiger partial charge in [0.15, 0.2) is 0 Å². The molecule has 0 amide bonds. The van der Waals surface area contributed by atoms with Crippen LogP contribution in [0.1, 0.15) is 46.0 Å². The zero-order valence-corrected chi connectivity index (χ0v) is 11.7. The molecule has 2 heterocycles. The summed E-state index contributed by atoms with van der Waals surface area (Å²) in [5.74, 6) is 0. The maximum Gasteiger partial charge on any atom is 0.0228 e. The van der Waals surface area contributed by atoms with E-state index >= 15 is 0 Å². The van der Waals surface area contributed by atoms with Crippen LogP contribution in [0.3, 0.4) is 0 Å². The van der Waals surface area contributed by atoms with Crippen molar-refractivity contribution in [2.24, 2.45) is 5.73 Å². The molecule has 2 nitrogen and oxygen atoms in total. The van der Waals surface area contributed by atoms with Gasteiger partial charge in [-0.2, -0.15) is 11.8 Å². The number of fused-ring (bicyclic) bond motifs is 2. The first-order chi connectivity index (χ1) is 7.52. The maximum absolute atomic E-state index is 6.15. The van der Waals surface area contributed by atoms with Crippen LogP contribution in [0.5, 0.6) is 0 Å². The van der Waals surface area contributed by atoms with Crippen LogP contribution in [0, 0.1) is 0 Å². The number of thioether (sulfide) groups is 1. The molecule has 0 saturated carbocycles. The summed E-state index contributed by atoms with van der Waals surface area (Å²) in [6.45, 7) is 5.96. The summed E-state index contributed by atoms with van der Waals surface area (Å²) in [5, 5.41) is 0. The molecular formula is C13H26N2S. The predicted octanol–water partition coefficient (Wildman–Crippen LogP) is 2.47. The van der Waals surface area contributed by atoms with E-state index in [-0.39, 0.29) is 0 Å². The van der Waals surface area contributed by atoms with Gasteiger partial charge < -0.3 is 5.73 Å². The lowest BCUT2D eigenvalue weighted by Gasteiger charge is -2.50. The molecular weight excluding hydrogens is 216 g/mol. The van der Waals surface area contributed by atoms with Crippen LogP contribution in [0.4, 0.5) is 0 Å². The molecule has 0 spiro atoms. The molecule has 0 aromatic rings. The number of piperidine rings is 2. The highest BCUT2D eigenvalue weighted by Crippen LogP contribution is 2.36. The van der Waals surface area contributed by atoms with Gasteiger partial charge in [-0.05, 0) is 45.8 Å². The molecule has 2 bridgehead atoms. The van der Waals surface area contributed by atoms with E-state index in [0.29, 0.717) is 10.8 Å². The Morgan fingerprint density at radius 2 is 1.81 bits per heavy atom. The molecule has 0 aromatic carbocycles. The molecule has 94 valence electrons. The smallest absolute Gasteiger partial charge is 0.0228 e. The van der Waals surface area contributed by atoms with Crippen molar-refractivity contribution in [3.05, 3.63) is 0 Å². The highest BCUT2D eigenvalue weighted by atomic mass is 32.2.